The normalized spacial score (nSPS) is 10.0. The average Bonchev–Trinajstić information content (AvgIpc) is 1.67. The fourth-order valence-electron chi connectivity index (χ4n) is 0.220. The van der Waals surface area contributed by atoms with Gasteiger partial charge in [0.15, 0.2) is 0 Å². The third-order valence-electron chi connectivity index (χ3n) is 0.841. The van der Waals surface area contributed by atoms with Gasteiger partial charge in [0.05, 0.1) is 5.75 Å². The molecule has 3 heteroatoms. The summed E-state index contributed by atoms with van der Waals surface area (Å²) in [6.45, 7) is 3.82. The van der Waals surface area contributed by atoms with E-state index >= 15 is 0 Å². The highest BCUT2D eigenvalue weighted by Crippen LogP contribution is 2.11. The zero-order valence-electron chi connectivity index (χ0n) is 4.98. The van der Waals surface area contributed by atoms with Gasteiger partial charge in [0.1, 0.15) is 5.78 Å². The van der Waals surface area contributed by atoms with Crippen LogP contribution in [-0.4, -0.2) is 11.5 Å². The van der Waals surface area contributed by atoms with Gasteiger partial charge in [0.25, 0.3) is 0 Å². The first-order valence-electron chi connectivity index (χ1n) is 2.44. The van der Waals surface area contributed by atoms with Crippen LogP contribution in [0.5, 0.6) is 0 Å². The largest absolute Gasteiger partial charge is 0.298 e. The predicted octanol–water partition coefficient (Wildman–Crippen LogP) is 2.25. The summed E-state index contributed by atoms with van der Waals surface area (Å²) in [5.41, 5.74) is 0. The second-order valence-electron chi connectivity index (χ2n) is 1.87. The Morgan fingerprint density at radius 2 is 2.25 bits per heavy atom. The van der Waals surface area contributed by atoms with E-state index in [4.69, 9.17) is 0 Å². The molecule has 0 fully saturated rings. The Hall–Kier alpha value is 0.500. The van der Waals surface area contributed by atoms with Crippen molar-refractivity contribution >= 4 is 30.8 Å². The highest BCUT2D eigenvalue weighted by molar-refractivity contribution is 9.50. The molecule has 0 rings (SSSR count). The lowest BCUT2D eigenvalue weighted by Crippen LogP contribution is -2.08. The average molecular weight is 197 g/mol. The summed E-state index contributed by atoms with van der Waals surface area (Å²) in [5, 5.41) is 0. The molecule has 1 nitrogen and oxygen atoms in total. The standard InChI is InChI=1S/C5H9BrOS/c1-4(2)5(7)3-8-6/h4H,3H2,1-2H3. The van der Waals surface area contributed by atoms with E-state index in [9.17, 15) is 4.79 Å². The SMILES string of the molecule is CC(C)C(=O)CSBr. The molecule has 0 heterocycles. The zero-order valence-corrected chi connectivity index (χ0v) is 7.38. The van der Waals surface area contributed by atoms with Gasteiger partial charge in [-0.1, -0.05) is 24.0 Å². The van der Waals surface area contributed by atoms with Crippen molar-refractivity contribution in [3.63, 3.8) is 0 Å². The van der Waals surface area contributed by atoms with Crippen molar-refractivity contribution < 1.29 is 4.79 Å². The molecule has 8 heavy (non-hydrogen) atoms. The van der Waals surface area contributed by atoms with Crippen molar-refractivity contribution in [2.45, 2.75) is 13.8 Å². The molecular formula is C5H9BrOS. The van der Waals surface area contributed by atoms with Crippen molar-refractivity contribution in [3.05, 3.63) is 0 Å². The van der Waals surface area contributed by atoms with Crippen LogP contribution in [0.2, 0.25) is 0 Å². The molecule has 0 amide bonds. The van der Waals surface area contributed by atoms with Crippen molar-refractivity contribution in [1.82, 2.24) is 0 Å². The van der Waals surface area contributed by atoms with E-state index in [0.717, 1.165) is 0 Å². The fraction of sp³-hybridized carbons (Fsp3) is 0.800. The maximum absolute atomic E-state index is 10.7. The van der Waals surface area contributed by atoms with Crippen LogP contribution in [0.3, 0.4) is 0 Å². The minimum absolute atomic E-state index is 0.181. The molecule has 0 spiro atoms. The number of Topliss-reactive ketones (excluding diaryl/α,β-unsaturated/α-hetero) is 1. The molecule has 0 unspecified atom stereocenters. The molecule has 0 N–H and O–H groups in total. The molecule has 0 aliphatic carbocycles. The fourth-order valence-corrected chi connectivity index (χ4v) is 1.34. The topological polar surface area (TPSA) is 17.1 Å². The van der Waals surface area contributed by atoms with Crippen molar-refractivity contribution in [2.75, 3.05) is 5.75 Å². The highest BCUT2D eigenvalue weighted by atomic mass is 79.9. The molecule has 0 atom stereocenters. The maximum Gasteiger partial charge on any atom is 0.146 e. The summed E-state index contributed by atoms with van der Waals surface area (Å²) in [4.78, 5) is 10.7. The predicted molar refractivity (Wildman–Crippen MR) is 41.2 cm³/mol. The van der Waals surface area contributed by atoms with Gasteiger partial charge in [0, 0.05) is 5.92 Å². The van der Waals surface area contributed by atoms with Crippen molar-refractivity contribution in [3.8, 4) is 0 Å². The van der Waals surface area contributed by atoms with Crippen LogP contribution < -0.4 is 0 Å². The molecule has 0 bridgehead atoms. The summed E-state index contributed by atoms with van der Waals surface area (Å²) in [7, 11) is 1.40. The molecule has 0 aromatic rings. The number of hydrogen-bond donors (Lipinski definition) is 0. The third-order valence-corrected chi connectivity index (χ3v) is 1.92. The van der Waals surface area contributed by atoms with E-state index in [2.05, 4.69) is 14.8 Å². The van der Waals surface area contributed by atoms with Crippen LogP contribution in [0, 0.1) is 5.92 Å². The van der Waals surface area contributed by atoms with Crippen LogP contribution in [-0.2, 0) is 4.79 Å². The molecule has 0 aromatic carbocycles. The Morgan fingerprint density at radius 1 is 1.75 bits per heavy atom. The first-order valence-corrected chi connectivity index (χ1v) is 5.27. The minimum atomic E-state index is 0.181. The molecule has 0 saturated heterocycles. The van der Waals surface area contributed by atoms with Crippen LogP contribution in [0.25, 0.3) is 0 Å². The van der Waals surface area contributed by atoms with Crippen LogP contribution in [0.4, 0.5) is 0 Å². The summed E-state index contributed by atoms with van der Waals surface area (Å²) in [5.74, 6) is 1.06. The number of halogens is 1. The van der Waals surface area contributed by atoms with E-state index in [1.165, 1.54) is 10.2 Å². The molecule has 0 saturated carbocycles. The first kappa shape index (κ1) is 8.50. The molecule has 0 aliphatic rings. The minimum Gasteiger partial charge on any atom is -0.298 e. The monoisotopic (exact) mass is 196 g/mol. The second kappa shape index (κ2) is 4.39. The van der Waals surface area contributed by atoms with Crippen molar-refractivity contribution in [2.24, 2.45) is 5.92 Å². The smallest absolute Gasteiger partial charge is 0.146 e. The van der Waals surface area contributed by atoms with Crippen LogP contribution in [0.15, 0.2) is 0 Å². The van der Waals surface area contributed by atoms with Gasteiger partial charge < -0.3 is 0 Å². The summed E-state index contributed by atoms with van der Waals surface area (Å²) in [6, 6.07) is 0. The lowest BCUT2D eigenvalue weighted by Gasteiger charge is -1.97. The third kappa shape index (κ3) is 3.50. The van der Waals surface area contributed by atoms with E-state index in [1.807, 2.05) is 13.8 Å². The van der Waals surface area contributed by atoms with Crippen molar-refractivity contribution in [1.29, 1.82) is 0 Å². The number of hydrogen-bond acceptors (Lipinski definition) is 2. The van der Waals surface area contributed by atoms with E-state index < -0.39 is 0 Å². The van der Waals surface area contributed by atoms with E-state index in [0.29, 0.717) is 11.5 Å². The second-order valence-corrected chi connectivity index (χ2v) is 3.75. The number of carbonyl (C=O) groups excluding carboxylic acids is 1. The Balaban J connectivity index is 3.33. The first-order chi connectivity index (χ1) is 3.68. The molecule has 48 valence electrons. The molecule has 0 aliphatic heterocycles. The van der Waals surface area contributed by atoms with E-state index in [1.54, 1.807) is 0 Å². The van der Waals surface area contributed by atoms with Gasteiger partial charge in [-0.05, 0) is 14.8 Å². The van der Waals surface area contributed by atoms with Gasteiger partial charge in [-0.2, -0.15) is 0 Å². The number of ketones is 1. The van der Waals surface area contributed by atoms with Gasteiger partial charge in [-0.15, -0.1) is 0 Å². The Kier molecular flexibility index (Phi) is 4.66. The molecule has 0 aromatic heterocycles. The van der Waals surface area contributed by atoms with Crippen LogP contribution in [0.1, 0.15) is 13.8 Å². The Bertz CT molecular complexity index is 82.5. The zero-order chi connectivity index (χ0) is 6.57. The quantitative estimate of drug-likeness (QED) is 0.690. The summed E-state index contributed by atoms with van der Waals surface area (Å²) < 4.78 is 0. The maximum atomic E-state index is 10.7. The molecular weight excluding hydrogens is 188 g/mol. The summed E-state index contributed by atoms with van der Waals surface area (Å²) >= 11 is 3.11. The molecule has 0 radical (unpaired) electrons. The highest BCUT2D eigenvalue weighted by Gasteiger charge is 2.04. The number of carbonyl (C=O) groups is 1. The lowest BCUT2D eigenvalue weighted by molar-refractivity contribution is -0.119. The van der Waals surface area contributed by atoms with Gasteiger partial charge in [-0.3, -0.25) is 4.79 Å². The Morgan fingerprint density at radius 3 is 2.38 bits per heavy atom. The van der Waals surface area contributed by atoms with Gasteiger partial charge in [-0.25, -0.2) is 0 Å². The van der Waals surface area contributed by atoms with E-state index in [-0.39, 0.29) is 5.92 Å². The summed E-state index contributed by atoms with van der Waals surface area (Å²) in [6.07, 6.45) is 0. The van der Waals surface area contributed by atoms with Gasteiger partial charge >= 0.3 is 0 Å². The number of rotatable bonds is 3. The Labute approximate surface area is 61.4 Å². The van der Waals surface area contributed by atoms with Crippen LogP contribution >= 0.6 is 25.0 Å². The van der Waals surface area contributed by atoms with Gasteiger partial charge in [0.2, 0.25) is 0 Å². The lowest BCUT2D eigenvalue weighted by atomic mass is 10.1.